The first-order chi connectivity index (χ1) is 6.38. The zero-order chi connectivity index (χ0) is 10.6. The van der Waals surface area contributed by atoms with Crippen LogP contribution in [0.15, 0.2) is 12.2 Å². The quantitative estimate of drug-likeness (QED) is 0.515. The van der Waals surface area contributed by atoms with Gasteiger partial charge in [-0.2, -0.15) is 0 Å². The third kappa shape index (κ3) is 1.08. The number of likely N-dealkylation sites (tertiary alicyclic amines) is 1. The van der Waals surface area contributed by atoms with Crippen molar-refractivity contribution in [2.75, 3.05) is 13.6 Å². The molecule has 0 amide bonds. The van der Waals surface area contributed by atoms with Crippen molar-refractivity contribution in [3.8, 4) is 0 Å². The van der Waals surface area contributed by atoms with Crippen LogP contribution in [0, 0.1) is 5.41 Å². The van der Waals surface area contributed by atoms with E-state index in [2.05, 4.69) is 0 Å². The maximum Gasteiger partial charge on any atom is 0.245 e. The molecule has 4 heteroatoms. The van der Waals surface area contributed by atoms with Crippen molar-refractivity contribution in [1.82, 2.24) is 4.90 Å². The minimum Gasteiger partial charge on any atom is -0.358 e. The Labute approximate surface area is 82.8 Å². The fourth-order valence-electron chi connectivity index (χ4n) is 2.65. The number of carbonyl (C=O) groups is 1. The van der Waals surface area contributed by atoms with Crippen LogP contribution in [0.4, 0.5) is 0 Å². The maximum absolute atomic E-state index is 11.3. The summed E-state index contributed by atoms with van der Waals surface area (Å²) in [5, 5.41) is 19.5. The molecule has 2 atom stereocenters. The number of hydrogen-bond acceptors (Lipinski definition) is 4. The van der Waals surface area contributed by atoms with Crippen LogP contribution in [0.2, 0.25) is 0 Å². The Bertz CT molecular complexity index is 306. The molecular formula is C10H15NO3. The lowest BCUT2D eigenvalue weighted by Gasteiger charge is -2.41. The molecule has 0 saturated carbocycles. The van der Waals surface area contributed by atoms with Gasteiger partial charge in [0, 0.05) is 5.41 Å². The molecule has 1 aliphatic heterocycles. The summed E-state index contributed by atoms with van der Waals surface area (Å²) >= 11 is 0. The van der Waals surface area contributed by atoms with Crippen LogP contribution in [-0.4, -0.2) is 46.3 Å². The molecule has 2 rings (SSSR count). The van der Waals surface area contributed by atoms with Gasteiger partial charge in [0.2, 0.25) is 11.6 Å². The number of likely N-dealkylation sites (N-methyl/N-ethyl adjacent to an activating group) is 1. The topological polar surface area (TPSA) is 60.8 Å². The number of fused-ring (bicyclic) bond motifs is 1. The van der Waals surface area contributed by atoms with Crippen molar-refractivity contribution in [3.05, 3.63) is 12.2 Å². The summed E-state index contributed by atoms with van der Waals surface area (Å²) in [7, 11) is 1.81. The Morgan fingerprint density at radius 3 is 2.86 bits per heavy atom. The van der Waals surface area contributed by atoms with Crippen LogP contribution < -0.4 is 0 Å². The normalized spacial score (nSPS) is 41.4. The lowest BCUT2D eigenvalue weighted by molar-refractivity contribution is -0.209. The van der Waals surface area contributed by atoms with Crippen LogP contribution in [0.3, 0.4) is 0 Å². The highest BCUT2D eigenvalue weighted by Gasteiger charge is 2.57. The fraction of sp³-hybridized carbons (Fsp3) is 0.700. The largest absolute Gasteiger partial charge is 0.358 e. The highest BCUT2D eigenvalue weighted by molar-refractivity contribution is 5.97. The molecule has 0 aromatic heterocycles. The molecule has 1 fully saturated rings. The van der Waals surface area contributed by atoms with Crippen LogP contribution in [0.5, 0.6) is 0 Å². The molecule has 2 N–H and O–H groups in total. The average molecular weight is 197 g/mol. The number of ketones is 1. The summed E-state index contributed by atoms with van der Waals surface area (Å²) < 4.78 is 0. The number of nitrogens with zero attached hydrogens (tertiary/aromatic N) is 1. The summed E-state index contributed by atoms with van der Waals surface area (Å²) in [4.78, 5) is 13.2. The van der Waals surface area contributed by atoms with E-state index in [1.165, 1.54) is 6.08 Å². The lowest BCUT2D eigenvalue weighted by Crippen LogP contribution is -2.60. The Kier molecular flexibility index (Phi) is 1.86. The molecule has 1 saturated heterocycles. The minimum atomic E-state index is -2.23. The Morgan fingerprint density at radius 1 is 1.57 bits per heavy atom. The highest BCUT2D eigenvalue weighted by Crippen LogP contribution is 2.44. The van der Waals surface area contributed by atoms with Gasteiger partial charge in [-0.15, -0.1) is 0 Å². The fourth-order valence-corrected chi connectivity index (χ4v) is 2.65. The summed E-state index contributed by atoms with van der Waals surface area (Å²) in [6, 6.07) is -0.521. The van der Waals surface area contributed by atoms with Crippen molar-refractivity contribution in [2.24, 2.45) is 5.41 Å². The molecule has 1 unspecified atom stereocenters. The van der Waals surface area contributed by atoms with Gasteiger partial charge in [-0.25, -0.2) is 0 Å². The van der Waals surface area contributed by atoms with Crippen LogP contribution in [0.1, 0.15) is 13.3 Å². The van der Waals surface area contributed by atoms with E-state index in [4.69, 9.17) is 0 Å². The molecule has 0 aromatic rings. The van der Waals surface area contributed by atoms with Gasteiger partial charge in [-0.3, -0.25) is 9.69 Å². The summed E-state index contributed by atoms with van der Waals surface area (Å²) in [6.07, 6.45) is 3.94. The van der Waals surface area contributed by atoms with Crippen molar-refractivity contribution in [2.45, 2.75) is 25.2 Å². The Balaban J connectivity index is 2.48. The molecule has 2 aliphatic rings. The zero-order valence-electron chi connectivity index (χ0n) is 8.40. The second-order valence-electron chi connectivity index (χ2n) is 4.56. The lowest BCUT2D eigenvalue weighted by atomic mass is 9.73. The molecule has 0 aromatic carbocycles. The van der Waals surface area contributed by atoms with E-state index in [1.54, 1.807) is 6.08 Å². The third-order valence-corrected chi connectivity index (χ3v) is 3.43. The van der Waals surface area contributed by atoms with Crippen molar-refractivity contribution in [3.63, 3.8) is 0 Å². The van der Waals surface area contributed by atoms with E-state index in [0.717, 1.165) is 13.0 Å². The standard InChI is InChI=1S/C10H15NO3/c1-9-4-3-7(12)10(13,14)8(9)11(2)6-5-9/h3-4,8,13-14H,5-6H2,1-2H3/t8?,9-/m0/s1. The van der Waals surface area contributed by atoms with Gasteiger partial charge < -0.3 is 10.2 Å². The predicted molar refractivity (Wildman–Crippen MR) is 50.5 cm³/mol. The molecule has 0 radical (unpaired) electrons. The third-order valence-electron chi connectivity index (χ3n) is 3.43. The van der Waals surface area contributed by atoms with Gasteiger partial charge in [0.05, 0.1) is 6.04 Å². The predicted octanol–water partition coefficient (Wildman–Crippen LogP) is -0.483. The number of aliphatic hydroxyl groups is 2. The van der Waals surface area contributed by atoms with E-state index >= 15 is 0 Å². The van der Waals surface area contributed by atoms with Crippen molar-refractivity contribution >= 4 is 5.78 Å². The van der Waals surface area contributed by atoms with E-state index in [1.807, 2.05) is 18.9 Å². The molecule has 0 bridgehead atoms. The number of rotatable bonds is 0. The number of hydrogen-bond donors (Lipinski definition) is 2. The van der Waals surface area contributed by atoms with Gasteiger partial charge in [0.15, 0.2) is 0 Å². The molecule has 0 spiro atoms. The summed E-state index contributed by atoms with van der Waals surface area (Å²) in [5.41, 5.74) is -0.299. The van der Waals surface area contributed by atoms with E-state index in [-0.39, 0.29) is 5.41 Å². The molecule has 1 heterocycles. The number of carbonyl (C=O) groups excluding carboxylic acids is 1. The molecule has 4 nitrogen and oxygen atoms in total. The minimum absolute atomic E-state index is 0.299. The van der Waals surface area contributed by atoms with Gasteiger partial charge in [0.1, 0.15) is 0 Å². The molecule has 14 heavy (non-hydrogen) atoms. The SMILES string of the molecule is CN1CC[C@]2(C)C=CC(=O)C(O)(O)C12. The van der Waals surface area contributed by atoms with Gasteiger partial charge >= 0.3 is 0 Å². The van der Waals surface area contributed by atoms with Crippen LogP contribution >= 0.6 is 0 Å². The Hall–Kier alpha value is -0.710. The smallest absolute Gasteiger partial charge is 0.245 e. The highest BCUT2D eigenvalue weighted by atomic mass is 16.5. The summed E-state index contributed by atoms with van der Waals surface area (Å²) in [5.74, 6) is -2.84. The first-order valence-corrected chi connectivity index (χ1v) is 4.76. The van der Waals surface area contributed by atoms with Gasteiger partial charge in [0.25, 0.3) is 0 Å². The van der Waals surface area contributed by atoms with Gasteiger partial charge in [-0.05, 0) is 26.1 Å². The van der Waals surface area contributed by atoms with Crippen LogP contribution in [-0.2, 0) is 4.79 Å². The van der Waals surface area contributed by atoms with E-state index in [9.17, 15) is 15.0 Å². The van der Waals surface area contributed by atoms with Crippen molar-refractivity contribution in [1.29, 1.82) is 0 Å². The van der Waals surface area contributed by atoms with Gasteiger partial charge in [-0.1, -0.05) is 13.0 Å². The monoisotopic (exact) mass is 197 g/mol. The van der Waals surface area contributed by atoms with E-state index < -0.39 is 17.6 Å². The second kappa shape index (κ2) is 2.66. The average Bonchev–Trinajstić information content (AvgIpc) is 2.38. The molecule has 78 valence electrons. The second-order valence-corrected chi connectivity index (χ2v) is 4.56. The molecular weight excluding hydrogens is 182 g/mol. The van der Waals surface area contributed by atoms with E-state index in [0.29, 0.717) is 0 Å². The first-order valence-electron chi connectivity index (χ1n) is 4.76. The van der Waals surface area contributed by atoms with Crippen molar-refractivity contribution < 1.29 is 15.0 Å². The zero-order valence-corrected chi connectivity index (χ0v) is 8.40. The summed E-state index contributed by atoms with van der Waals surface area (Å²) in [6.45, 7) is 2.73. The van der Waals surface area contributed by atoms with Crippen LogP contribution in [0.25, 0.3) is 0 Å². The maximum atomic E-state index is 11.3. The molecule has 1 aliphatic carbocycles. The first kappa shape index (κ1) is 9.83. The Morgan fingerprint density at radius 2 is 2.21 bits per heavy atom.